The van der Waals surface area contributed by atoms with Gasteiger partial charge in [0.05, 0.1) is 24.9 Å². The van der Waals surface area contributed by atoms with Crippen LogP contribution in [0.5, 0.6) is 5.75 Å². The van der Waals surface area contributed by atoms with Crippen molar-refractivity contribution in [1.29, 1.82) is 0 Å². The second-order valence-corrected chi connectivity index (χ2v) is 7.67. The van der Waals surface area contributed by atoms with E-state index in [0.29, 0.717) is 22.8 Å². The highest BCUT2D eigenvalue weighted by atomic mass is 32.2. The number of methoxy groups -OCH3 is 1. The van der Waals surface area contributed by atoms with E-state index in [2.05, 4.69) is 5.32 Å². The number of nitrogens with zero attached hydrogens (tertiary/aromatic N) is 2. The molecule has 1 N–H and O–H groups in total. The lowest BCUT2D eigenvalue weighted by atomic mass is 10.1. The van der Waals surface area contributed by atoms with Gasteiger partial charge >= 0.3 is 10.2 Å². The zero-order chi connectivity index (χ0) is 18.2. The van der Waals surface area contributed by atoms with E-state index in [4.69, 9.17) is 4.74 Å². The molecule has 8 heteroatoms. The Morgan fingerprint density at radius 1 is 1.08 bits per heavy atom. The fourth-order valence-corrected chi connectivity index (χ4v) is 3.94. The van der Waals surface area contributed by atoms with Crippen LogP contribution in [0.1, 0.15) is 5.56 Å². The molecule has 0 spiro atoms. The number of hydrogen-bond donors (Lipinski definition) is 1. The van der Waals surface area contributed by atoms with Crippen molar-refractivity contribution in [3.63, 3.8) is 0 Å². The summed E-state index contributed by atoms with van der Waals surface area (Å²) in [6.07, 6.45) is 0.162. The predicted octanol–water partition coefficient (Wildman–Crippen LogP) is 2.01. The van der Waals surface area contributed by atoms with Crippen LogP contribution in [0.3, 0.4) is 0 Å². The highest BCUT2D eigenvalue weighted by Gasteiger charge is 2.35. The van der Waals surface area contributed by atoms with Crippen LogP contribution in [-0.4, -0.2) is 35.5 Å². The third-order valence-electron chi connectivity index (χ3n) is 4.17. The monoisotopic (exact) mass is 361 g/mol. The second kappa shape index (κ2) is 6.29. The van der Waals surface area contributed by atoms with Crippen molar-refractivity contribution in [3.8, 4) is 5.75 Å². The molecule has 1 aliphatic heterocycles. The summed E-state index contributed by atoms with van der Waals surface area (Å²) in [6.45, 7) is 0. The Balaban J connectivity index is 1.79. The minimum Gasteiger partial charge on any atom is -0.496 e. The van der Waals surface area contributed by atoms with Crippen LogP contribution in [0.4, 0.5) is 17.1 Å². The van der Waals surface area contributed by atoms with Gasteiger partial charge in [-0.2, -0.15) is 8.42 Å². The van der Waals surface area contributed by atoms with Crippen LogP contribution in [0.15, 0.2) is 42.5 Å². The number of para-hydroxylation sites is 1. The number of amides is 1. The molecule has 2 aromatic rings. The summed E-state index contributed by atoms with van der Waals surface area (Å²) < 4.78 is 31.9. The molecule has 7 nitrogen and oxygen atoms in total. The number of rotatable bonds is 4. The quantitative estimate of drug-likeness (QED) is 0.903. The number of fused-ring (bicyclic) bond motifs is 1. The summed E-state index contributed by atoms with van der Waals surface area (Å²) in [5.41, 5.74) is 2.42. The van der Waals surface area contributed by atoms with Crippen molar-refractivity contribution < 1.29 is 17.9 Å². The fourth-order valence-electron chi connectivity index (χ4n) is 2.78. The minimum atomic E-state index is -3.53. The Morgan fingerprint density at radius 3 is 2.48 bits per heavy atom. The SMILES string of the molecule is COc1ccccc1CC(=O)Nc1ccc2c(c1)N(C)S(=O)(=O)N2C. The van der Waals surface area contributed by atoms with Crippen LogP contribution in [0.2, 0.25) is 0 Å². The van der Waals surface area contributed by atoms with Crippen molar-refractivity contribution in [1.82, 2.24) is 0 Å². The average Bonchev–Trinajstić information content (AvgIpc) is 2.76. The molecule has 0 bridgehead atoms. The Labute approximate surface area is 147 Å². The molecule has 0 unspecified atom stereocenters. The molecule has 1 heterocycles. The molecule has 0 aromatic heterocycles. The molecule has 0 aliphatic carbocycles. The number of carbonyl (C=O) groups is 1. The summed E-state index contributed by atoms with van der Waals surface area (Å²) in [6, 6.07) is 12.3. The lowest BCUT2D eigenvalue weighted by Gasteiger charge is -2.13. The molecule has 0 atom stereocenters. The van der Waals surface area contributed by atoms with Gasteiger partial charge in [0.1, 0.15) is 5.75 Å². The molecular weight excluding hydrogens is 342 g/mol. The first kappa shape index (κ1) is 17.1. The van der Waals surface area contributed by atoms with Gasteiger partial charge in [-0.25, -0.2) is 0 Å². The van der Waals surface area contributed by atoms with Crippen molar-refractivity contribution in [2.45, 2.75) is 6.42 Å². The van der Waals surface area contributed by atoms with Gasteiger partial charge in [-0.05, 0) is 24.3 Å². The maximum absolute atomic E-state index is 12.3. The van der Waals surface area contributed by atoms with Gasteiger partial charge in [0, 0.05) is 25.3 Å². The molecule has 0 saturated heterocycles. The van der Waals surface area contributed by atoms with Crippen molar-refractivity contribution >= 4 is 33.2 Å². The van der Waals surface area contributed by atoms with Crippen molar-refractivity contribution in [3.05, 3.63) is 48.0 Å². The zero-order valence-corrected chi connectivity index (χ0v) is 15.0. The first-order valence-electron chi connectivity index (χ1n) is 7.63. The Hall–Kier alpha value is -2.74. The molecule has 3 rings (SSSR count). The van der Waals surface area contributed by atoms with E-state index < -0.39 is 10.2 Å². The van der Waals surface area contributed by atoms with Gasteiger partial charge in [-0.3, -0.25) is 13.4 Å². The molecule has 0 radical (unpaired) electrons. The molecule has 1 amide bonds. The summed E-state index contributed by atoms with van der Waals surface area (Å²) in [5, 5.41) is 2.80. The summed E-state index contributed by atoms with van der Waals surface area (Å²) >= 11 is 0. The Morgan fingerprint density at radius 2 is 1.76 bits per heavy atom. The van der Waals surface area contributed by atoms with Crippen molar-refractivity contribution in [2.24, 2.45) is 0 Å². The van der Waals surface area contributed by atoms with Crippen LogP contribution in [0.25, 0.3) is 0 Å². The van der Waals surface area contributed by atoms with Crippen LogP contribution < -0.4 is 18.7 Å². The van der Waals surface area contributed by atoms with Crippen LogP contribution >= 0.6 is 0 Å². The molecule has 0 fully saturated rings. The van der Waals surface area contributed by atoms with Gasteiger partial charge in [0.25, 0.3) is 0 Å². The van der Waals surface area contributed by atoms with E-state index in [-0.39, 0.29) is 12.3 Å². The van der Waals surface area contributed by atoms with E-state index in [0.717, 1.165) is 5.56 Å². The number of nitrogens with one attached hydrogen (secondary N) is 1. The van der Waals surface area contributed by atoms with Crippen LogP contribution in [0, 0.1) is 0 Å². The van der Waals surface area contributed by atoms with Crippen molar-refractivity contribution in [2.75, 3.05) is 35.1 Å². The fraction of sp³-hybridized carbons (Fsp3) is 0.235. The summed E-state index contributed by atoms with van der Waals surface area (Å²) in [4.78, 5) is 12.3. The van der Waals surface area contributed by atoms with Gasteiger partial charge in [0.2, 0.25) is 5.91 Å². The Bertz CT molecular complexity index is 927. The molecule has 1 aliphatic rings. The normalized spacial score (nSPS) is 15.0. The predicted molar refractivity (Wildman–Crippen MR) is 97.5 cm³/mol. The van der Waals surface area contributed by atoms with E-state index in [1.54, 1.807) is 31.4 Å². The zero-order valence-electron chi connectivity index (χ0n) is 14.2. The third kappa shape index (κ3) is 3.00. The van der Waals surface area contributed by atoms with Gasteiger partial charge in [-0.1, -0.05) is 18.2 Å². The van der Waals surface area contributed by atoms with E-state index >= 15 is 0 Å². The number of carbonyl (C=O) groups excluding carboxylic acids is 1. The number of benzene rings is 2. The highest BCUT2D eigenvalue weighted by molar-refractivity contribution is 7.94. The van der Waals surface area contributed by atoms with Gasteiger partial charge in [0.15, 0.2) is 0 Å². The van der Waals surface area contributed by atoms with E-state index in [1.165, 1.54) is 22.7 Å². The first-order valence-corrected chi connectivity index (χ1v) is 9.03. The number of ether oxygens (including phenoxy) is 1. The second-order valence-electron chi connectivity index (χ2n) is 5.68. The lowest BCUT2D eigenvalue weighted by molar-refractivity contribution is -0.115. The third-order valence-corrected chi connectivity index (χ3v) is 5.95. The van der Waals surface area contributed by atoms with E-state index in [1.807, 2.05) is 18.2 Å². The smallest absolute Gasteiger partial charge is 0.326 e. The molecule has 132 valence electrons. The van der Waals surface area contributed by atoms with Gasteiger partial charge < -0.3 is 10.1 Å². The Kier molecular flexibility index (Phi) is 4.30. The molecule has 0 saturated carbocycles. The summed E-state index contributed by atoms with van der Waals surface area (Å²) in [7, 11) is 1.01. The average molecular weight is 361 g/mol. The lowest BCUT2D eigenvalue weighted by Crippen LogP contribution is -2.32. The molecular formula is C17H19N3O4S. The largest absolute Gasteiger partial charge is 0.496 e. The van der Waals surface area contributed by atoms with E-state index in [9.17, 15) is 13.2 Å². The minimum absolute atomic E-state index is 0.162. The topological polar surface area (TPSA) is 79.0 Å². The standard InChI is InChI=1S/C17H19N3O4S/c1-19-14-9-8-13(11-15(14)20(2)25(19,22)23)18-17(21)10-12-6-4-5-7-16(12)24-3/h4-9,11H,10H2,1-3H3,(H,18,21). The first-order chi connectivity index (χ1) is 11.8. The summed E-state index contributed by atoms with van der Waals surface area (Å²) in [5.74, 6) is 0.445. The maximum Gasteiger partial charge on any atom is 0.326 e. The number of hydrogen-bond acceptors (Lipinski definition) is 4. The highest BCUT2D eigenvalue weighted by Crippen LogP contribution is 2.40. The number of anilines is 3. The van der Waals surface area contributed by atoms with Gasteiger partial charge in [-0.15, -0.1) is 0 Å². The maximum atomic E-state index is 12.3. The molecule has 25 heavy (non-hydrogen) atoms. The molecule has 2 aromatic carbocycles. The van der Waals surface area contributed by atoms with Crippen LogP contribution in [-0.2, 0) is 21.4 Å².